The van der Waals surface area contributed by atoms with Crippen molar-refractivity contribution >= 4 is 11.6 Å². The van der Waals surface area contributed by atoms with Crippen LogP contribution in [0.2, 0.25) is 0 Å². The first kappa shape index (κ1) is 11.5. The largest absolute Gasteiger partial charge is 0.386 e. The van der Waals surface area contributed by atoms with E-state index in [1.54, 1.807) is 25.5 Å². The standard InChI is InChI=1S/C13H17N3O2/c1-14-11-7-15-5-4-9(11)13(17)16-10-6-8-2-3-12(10)18-8/h4-5,7-8,10,12,14H,2-3,6H2,1H3,(H,16,17). The van der Waals surface area contributed by atoms with Crippen molar-refractivity contribution in [3.05, 3.63) is 24.0 Å². The zero-order chi connectivity index (χ0) is 12.5. The molecule has 1 aromatic rings. The number of amides is 1. The Morgan fingerprint density at radius 3 is 3.06 bits per heavy atom. The van der Waals surface area contributed by atoms with Gasteiger partial charge in [-0.15, -0.1) is 0 Å². The van der Waals surface area contributed by atoms with E-state index in [1.807, 2.05) is 0 Å². The number of rotatable bonds is 3. The lowest BCUT2D eigenvalue weighted by atomic mass is 9.95. The van der Waals surface area contributed by atoms with Crippen molar-refractivity contribution in [1.82, 2.24) is 10.3 Å². The van der Waals surface area contributed by atoms with Gasteiger partial charge in [0.15, 0.2) is 0 Å². The molecule has 1 aromatic heterocycles. The van der Waals surface area contributed by atoms with Crippen LogP contribution in [0.4, 0.5) is 5.69 Å². The SMILES string of the molecule is CNc1cnccc1C(=O)NC1CC2CCC1O2. The van der Waals surface area contributed by atoms with Gasteiger partial charge in [-0.05, 0) is 25.3 Å². The predicted molar refractivity (Wildman–Crippen MR) is 67.5 cm³/mol. The highest BCUT2D eigenvalue weighted by Gasteiger charge is 2.41. The summed E-state index contributed by atoms with van der Waals surface area (Å²) in [6, 6.07) is 1.89. The van der Waals surface area contributed by atoms with E-state index in [4.69, 9.17) is 4.74 Å². The molecule has 2 N–H and O–H groups in total. The number of hydrogen-bond acceptors (Lipinski definition) is 4. The molecule has 0 aliphatic carbocycles. The molecule has 2 aliphatic heterocycles. The molecule has 3 heterocycles. The molecule has 3 atom stereocenters. The van der Waals surface area contributed by atoms with Gasteiger partial charge in [0.05, 0.1) is 35.7 Å². The van der Waals surface area contributed by atoms with Gasteiger partial charge in [0.25, 0.3) is 5.91 Å². The van der Waals surface area contributed by atoms with E-state index in [2.05, 4.69) is 15.6 Å². The van der Waals surface area contributed by atoms with Crippen molar-refractivity contribution in [2.45, 2.75) is 37.5 Å². The maximum absolute atomic E-state index is 12.2. The fourth-order valence-electron chi connectivity index (χ4n) is 2.83. The third-order valence-corrected chi connectivity index (χ3v) is 3.76. The molecule has 5 heteroatoms. The number of ether oxygens (including phenoxy) is 1. The Morgan fingerprint density at radius 1 is 1.50 bits per heavy atom. The Bertz CT molecular complexity index is 463. The number of aromatic nitrogens is 1. The molecule has 2 aliphatic rings. The first-order chi connectivity index (χ1) is 8.78. The molecule has 96 valence electrons. The van der Waals surface area contributed by atoms with E-state index in [9.17, 15) is 4.79 Å². The summed E-state index contributed by atoms with van der Waals surface area (Å²) >= 11 is 0. The van der Waals surface area contributed by atoms with E-state index in [-0.39, 0.29) is 18.1 Å². The van der Waals surface area contributed by atoms with Crippen LogP contribution in [0.5, 0.6) is 0 Å². The highest BCUT2D eigenvalue weighted by molar-refractivity contribution is 5.99. The van der Waals surface area contributed by atoms with Gasteiger partial charge in [-0.2, -0.15) is 0 Å². The lowest BCUT2D eigenvalue weighted by Gasteiger charge is -2.20. The molecule has 2 fully saturated rings. The Balaban J connectivity index is 1.71. The van der Waals surface area contributed by atoms with E-state index in [0.29, 0.717) is 11.7 Å². The first-order valence-corrected chi connectivity index (χ1v) is 6.36. The van der Waals surface area contributed by atoms with Crippen molar-refractivity contribution in [3.63, 3.8) is 0 Å². The quantitative estimate of drug-likeness (QED) is 0.841. The molecule has 3 rings (SSSR count). The van der Waals surface area contributed by atoms with Crippen LogP contribution in [0.3, 0.4) is 0 Å². The van der Waals surface area contributed by atoms with Crippen LogP contribution < -0.4 is 10.6 Å². The molecule has 0 spiro atoms. The van der Waals surface area contributed by atoms with Crippen LogP contribution in [0.15, 0.2) is 18.5 Å². The predicted octanol–water partition coefficient (Wildman–Crippen LogP) is 1.17. The minimum absolute atomic E-state index is 0.0529. The number of nitrogens with one attached hydrogen (secondary N) is 2. The minimum atomic E-state index is -0.0529. The van der Waals surface area contributed by atoms with Crippen LogP contribution in [-0.2, 0) is 4.74 Å². The molecule has 3 unspecified atom stereocenters. The Hall–Kier alpha value is -1.62. The molecule has 2 saturated heterocycles. The summed E-state index contributed by atoms with van der Waals surface area (Å²) in [6.07, 6.45) is 6.98. The third-order valence-electron chi connectivity index (χ3n) is 3.76. The molecule has 0 saturated carbocycles. The summed E-state index contributed by atoms with van der Waals surface area (Å²) in [5, 5.41) is 6.05. The van der Waals surface area contributed by atoms with Crippen LogP contribution in [0, 0.1) is 0 Å². The molecule has 1 amide bonds. The van der Waals surface area contributed by atoms with Crippen molar-refractivity contribution < 1.29 is 9.53 Å². The highest BCUT2D eigenvalue weighted by Crippen LogP contribution is 2.34. The van der Waals surface area contributed by atoms with Gasteiger partial charge in [-0.1, -0.05) is 0 Å². The summed E-state index contributed by atoms with van der Waals surface area (Å²) in [5.41, 5.74) is 1.38. The number of carbonyl (C=O) groups is 1. The molecular weight excluding hydrogens is 230 g/mol. The van der Waals surface area contributed by atoms with Crippen LogP contribution >= 0.6 is 0 Å². The summed E-state index contributed by atoms with van der Waals surface area (Å²) in [5.74, 6) is -0.0529. The second-order valence-corrected chi connectivity index (χ2v) is 4.86. The van der Waals surface area contributed by atoms with Crippen molar-refractivity contribution in [2.24, 2.45) is 0 Å². The van der Waals surface area contributed by atoms with Crippen molar-refractivity contribution in [2.75, 3.05) is 12.4 Å². The molecule has 5 nitrogen and oxygen atoms in total. The second kappa shape index (κ2) is 4.57. The number of fused-ring (bicyclic) bond motifs is 2. The zero-order valence-electron chi connectivity index (χ0n) is 10.3. The topological polar surface area (TPSA) is 63.2 Å². The third kappa shape index (κ3) is 1.95. The van der Waals surface area contributed by atoms with Gasteiger partial charge in [0, 0.05) is 13.2 Å². The van der Waals surface area contributed by atoms with Crippen LogP contribution in [0.1, 0.15) is 29.6 Å². The normalized spacial score (nSPS) is 29.3. The van der Waals surface area contributed by atoms with E-state index >= 15 is 0 Å². The maximum Gasteiger partial charge on any atom is 0.253 e. The van der Waals surface area contributed by atoms with E-state index in [0.717, 1.165) is 24.9 Å². The lowest BCUT2D eigenvalue weighted by molar-refractivity contribution is 0.0841. The number of anilines is 1. The van der Waals surface area contributed by atoms with Crippen LogP contribution in [-0.4, -0.2) is 36.2 Å². The molecule has 18 heavy (non-hydrogen) atoms. The lowest BCUT2D eigenvalue weighted by Crippen LogP contribution is -2.41. The number of hydrogen-bond donors (Lipinski definition) is 2. The molecular formula is C13H17N3O2. The van der Waals surface area contributed by atoms with Crippen molar-refractivity contribution in [1.29, 1.82) is 0 Å². The van der Waals surface area contributed by atoms with Crippen molar-refractivity contribution in [3.8, 4) is 0 Å². The molecule has 0 radical (unpaired) electrons. The number of pyridine rings is 1. The zero-order valence-corrected chi connectivity index (χ0v) is 10.3. The van der Waals surface area contributed by atoms with E-state index < -0.39 is 0 Å². The molecule has 2 bridgehead atoms. The Morgan fingerprint density at radius 2 is 2.39 bits per heavy atom. The van der Waals surface area contributed by atoms with Gasteiger partial charge < -0.3 is 15.4 Å². The number of nitrogens with zero attached hydrogens (tertiary/aromatic N) is 1. The minimum Gasteiger partial charge on any atom is -0.386 e. The number of carbonyl (C=O) groups excluding carboxylic acids is 1. The summed E-state index contributed by atoms with van der Waals surface area (Å²) in [4.78, 5) is 16.2. The van der Waals surface area contributed by atoms with Gasteiger partial charge in [0.1, 0.15) is 0 Å². The maximum atomic E-state index is 12.2. The summed E-state index contributed by atoms with van der Waals surface area (Å²) in [6.45, 7) is 0. The van der Waals surface area contributed by atoms with Crippen LogP contribution in [0.25, 0.3) is 0 Å². The monoisotopic (exact) mass is 247 g/mol. The summed E-state index contributed by atoms with van der Waals surface area (Å²) < 4.78 is 5.74. The van der Waals surface area contributed by atoms with E-state index in [1.165, 1.54) is 0 Å². The second-order valence-electron chi connectivity index (χ2n) is 4.86. The van der Waals surface area contributed by atoms with Gasteiger partial charge >= 0.3 is 0 Å². The molecule has 0 aromatic carbocycles. The smallest absolute Gasteiger partial charge is 0.253 e. The fraction of sp³-hybridized carbons (Fsp3) is 0.538. The summed E-state index contributed by atoms with van der Waals surface area (Å²) in [7, 11) is 1.79. The Kier molecular flexibility index (Phi) is 2.91. The average molecular weight is 247 g/mol. The first-order valence-electron chi connectivity index (χ1n) is 6.36. The van der Waals surface area contributed by atoms with Gasteiger partial charge in [0.2, 0.25) is 0 Å². The fourth-order valence-corrected chi connectivity index (χ4v) is 2.83. The Labute approximate surface area is 106 Å². The van der Waals surface area contributed by atoms with Gasteiger partial charge in [-0.25, -0.2) is 0 Å². The van der Waals surface area contributed by atoms with Gasteiger partial charge in [-0.3, -0.25) is 9.78 Å². The highest BCUT2D eigenvalue weighted by atomic mass is 16.5. The average Bonchev–Trinajstić information content (AvgIpc) is 3.01.